The van der Waals surface area contributed by atoms with Crippen molar-refractivity contribution >= 4 is 5.91 Å². The normalized spacial score (nSPS) is 28.8. The van der Waals surface area contributed by atoms with Crippen LogP contribution in [0.15, 0.2) is 12.3 Å². The largest absolute Gasteiger partial charge is 0.337 e. The Morgan fingerprint density at radius 1 is 1.40 bits per heavy atom. The summed E-state index contributed by atoms with van der Waals surface area (Å²) in [7, 11) is 0. The number of fused-ring (bicyclic) bond motifs is 2. The Labute approximate surface area is 117 Å². The summed E-state index contributed by atoms with van der Waals surface area (Å²) in [5.41, 5.74) is 1.27. The summed E-state index contributed by atoms with van der Waals surface area (Å²) < 4.78 is 13.5. The van der Waals surface area contributed by atoms with Crippen LogP contribution < -0.4 is 5.32 Å². The lowest BCUT2D eigenvalue weighted by Gasteiger charge is -2.31. The first-order chi connectivity index (χ1) is 9.70. The van der Waals surface area contributed by atoms with Crippen molar-refractivity contribution < 1.29 is 9.18 Å². The molecular weight excluding hydrogens is 257 g/mol. The number of likely N-dealkylation sites (tertiary alicyclic amines) is 1. The van der Waals surface area contributed by atoms with Crippen LogP contribution in [0.2, 0.25) is 0 Å². The van der Waals surface area contributed by atoms with Gasteiger partial charge in [-0.05, 0) is 31.2 Å². The number of hydrogen-bond acceptors (Lipinski definition) is 3. The average molecular weight is 275 g/mol. The highest BCUT2D eigenvalue weighted by Crippen LogP contribution is 2.41. The number of aromatic nitrogens is 1. The van der Waals surface area contributed by atoms with Crippen LogP contribution in [-0.4, -0.2) is 41.5 Å². The summed E-state index contributed by atoms with van der Waals surface area (Å²) in [6.45, 7) is 2.50. The highest BCUT2D eigenvalue weighted by atomic mass is 19.1. The fourth-order valence-corrected chi connectivity index (χ4v) is 3.47. The first-order valence-corrected chi connectivity index (χ1v) is 7.39. The van der Waals surface area contributed by atoms with Crippen LogP contribution >= 0.6 is 0 Å². The van der Waals surface area contributed by atoms with Crippen molar-refractivity contribution in [2.75, 3.05) is 19.6 Å². The number of amides is 1. The zero-order chi connectivity index (χ0) is 13.7. The molecule has 2 aliphatic heterocycles. The Kier molecular flexibility index (Phi) is 2.77. The van der Waals surface area contributed by atoms with E-state index in [0.29, 0.717) is 23.4 Å². The van der Waals surface area contributed by atoms with Crippen molar-refractivity contribution in [3.8, 4) is 0 Å². The second-order valence-electron chi connectivity index (χ2n) is 6.28. The van der Waals surface area contributed by atoms with E-state index in [1.165, 1.54) is 12.3 Å². The molecule has 0 radical (unpaired) electrons. The lowest BCUT2D eigenvalue weighted by atomic mass is 9.98. The minimum Gasteiger partial charge on any atom is -0.337 e. The second-order valence-corrected chi connectivity index (χ2v) is 6.28. The molecule has 106 valence electrons. The van der Waals surface area contributed by atoms with Crippen LogP contribution in [0, 0.1) is 11.7 Å². The fraction of sp³-hybridized carbons (Fsp3) is 0.600. The van der Waals surface area contributed by atoms with E-state index in [1.54, 1.807) is 0 Å². The van der Waals surface area contributed by atoms with Gasteiger partial charge in [0.2, 0.25) is 0 Å². The van der Waals surface area contributed by atoms with Gasteiger partial charge in [-0.3, -0.25) is 9.78 Å². The Bertz CT molecular complexity index is 546. The molecule has 1 saturated carbocycles. The second kappa shape index (κ2) is 4.52. The molecule has 1 aromatic heterocycles. The molecular formula is C15H18FN3O. The maximum absolute atomic E-state index is 13.5. The molecule has 2 bridgehead atoms. The Hall–Kier alpha value is -1.49. The summed E-state index contributed by atoms with van der Waals surface area (Å²) in [5, 5.41) is 3.43. The Morgan fingerprint density at radius 2 is 2.25 bits per heavy atom. The quantitative estimate of drug-likeness (QED) is 0.890. The lowest BCUT2D eigenvalue weighted by molar-refractivity contribution is 0.0689. The number of rotatable bonds is 2. The number of carbonyl (C=O) groups excluding carboxylic acids is 1. The van der Waals surface area contributed by atoms with Crippen molar-refractivity contribution in [1.82, 2.24) is 15.2 Å². The van der Waals surface area contributed by atoms with Crippen LogP contribution in [0.5, 0.6) is 0 Å². The zero-order valence-corrected chi connectivity index (χ0v) is 11.3. The molecule has 3 fully saturated rings. The Morgan fingerprint density at radius 3 is 3.00 bits per heavy atom. The number of nitrogens with zero attached hydrogens (tertiary/aromatic N) is 2. The molecule has 3 aliphatic rings. The van der Waals surface area contributed by atoms with Crippen molar-refractivity contribution in [3.63, 3.8) is 0 Å². The number of carbonyl (C=O) groups is 1. The van der Waals surface area contributed by atoms with Gasteiger partial charge in [-0.15, -0.1) is 0 Å². The van der Waals surface area contributed by atoms with Crippen LogP contribution in [0.3, 0.4) is 0 Å². The van der Waals surface area contributed by atoms with Crippen molar-refractivity contribution in [2.45, 2.75) is 31.2 Å². The van der Waals surface area contributed by atoms with Crippen LogP contribution in [0.1, 0.15) is 41.2 Å². The molecule has 1 amide bonds. The SMILES string of the molecule is O=C(c1cc(F)cnc1C1CC1)N1CC2CNC(C2)C1. The zero-order valence-electron chi connectivity index (χ0n) is 11.3. The van der Waals surface area contributed by atoms with Gasteiger partial charge in [-0.2, -0.15) is 0 Å². The van der Waals surface area contributed by atoms with E-state index in [2.05, 4.69) is 10.3 Å². The highest BCUT2D eigenvalue weighted by molar-refractivity contribution is 5.95. The maximum Gasteiger partial charge on any atom is 0.255 e. The van der Waals surface area contributed by atoms with Crippen molar-refractivity contribution in [1.29, 1.82) is 0 Å². The van der Waals surface area contributed by atoms with E-state index in [-0.39, 0.29) is 5.91 Å². The molecule has 2 atom stereocenters. The molecule has 5 heteroatoms. The van der Waals surface area contributed by atoms with Gasteiger partial charge in [-0.25, -0.2) is 4.39 Å². The first kappa shape index (κ1) is 12.3. The summed E-state index contributed by atoms with van der Waals surface area (Å²) in [6, 6.07) is 1.77. The van der Waals surface area contributed by atoms with Gasteiger partial charge in [0.15, 0.2) is 0 Å². The molecule has 2 unspecified atom stereocenters. The lowest BCUT2D eigenvalue weighted by Crippen LogP contribution is -2.44. The maximum atomic E-state index is 13.5. The molecule has 0 spiro atoms. The molecule has 3 heterocycles. The van der Waals surface area contributed by atoms with Crippen molar-refractivity contribution in [3.05, 3.63) is 29.3 Å². The summed E-state index contributed by atoms with van der Waals surface area (Å²) >= 11 is 0. The number of halogens is 1. The monoisotopic (exact) mass is 275 g/mol. The third kappa shape index (κ3) is 2.10. The number of pyridine rings is 1. The minimum absolute atomic E-state index is 0.0442. The van der Waals surface area contributed by atoms with Gasteiger partial charge >= 0.3 is 0 Å². The Balaban J connectivity index is 1.63. The number of nitrogens with one attached hydrogen (secondary N) is 1. The molecule has 1 aromatic rings. The predicted octanol–water partition coefficient (Wildman–Crippen LogP) is 1.53. The van der Waals surface area contributed by atoms with Gasteiger partial charge in [0.25, 0.3) is 5.91 Å². The van der Waals surface area contributed by atoms with Crippen LogP contribution in [0.4, 0.5) is 4.39 Å². The van der Waals surface area contributed by atoms with Gasteiger partial charge in [0.05, 0.1) is 17.5 Å². The van der Waals surface area contributed by atoms with Crippen LogP contribution in [-0.2, 0) is 0 Å². The molecule has 1 aliphatic carbocycles. The summed E-state index contributed by atoms with van der Waals surface area (Å²) in [6.07, 6.45) is 4.50. The first-order valence-electron chi connectivity index (χ1n) is 7.39. The average Bonchev–Trinajstić information content (AvgIpc) is 3.23. The molecule has 4 rings (SSSR count). The molecule has 4 nitrogen and oxygen atoms in total. The van der Waals surface area contributed by atoms with E-state index in [4.69, 9.17) is 0 Å². The molecule has 1 N–H and O–H groups in total. The molecule has 20 heavy (non-hydrogen) atoms. The van der Waals surface area contributed by atoms with Crippen LogP contribution in [0.25, 0.3) is 0 Å². The van der Waals surface area contributed by atoms with Crippen molar-refractivity contribution in [2.24, 2.45) is 5.92 Å². The van der Waals surface area contributed by atoms with Gasteiger partial charge in [0, 0.05) is 31.6 Å². The number of piperidine rings is 1. The summed E-state index contributed by atoms with van der Waals surface area (Å²) in [4.78, 5) is 18.8. The predicted molar refractivity (Wildman–Crippen MR) is 72.0 cm³/mol. The van der Waals surface area contributed by atoms with E-state index >= 15 is 0 Å². The van der Waals surface area contributed by atoms with Gasteiger partial charge in [-0.1, -0.05) is 0 Å². The third-order valence-corrected chi connectivity index (χ3v) is 4.60. The van der Waals surface area contributed by atoms with E-state index < -0.39 is 5.82 Å². The van der Waals surface area contributed by atoms with Gasteiger partial charge < -0.3 is 10.2 Å². The smallest absolute Gasteiger partial charge is 0.255 e. The number of hydrogen-bond donors (Lipinski definition) is 1. The molecule has 2 saturated heterocycles. The third-order valence-electron chi connectivity index (χ3n) is 4.60. The van der Waals surface area contributed by atoms with E-state index in [0.717, 1.165) is 44.6 Å². The van der Waals surface area contributed by atoms with E-state index in [9.17, 15) is 9.18 Å². The topological polar surface area (TPSA) is 45.2 Å². The van der Waals surface area contributed by atoms with Gasteiger partial charge in [0.1, 0.15) is 5.82 Å². The standard InChI is InChI=1S/C15H18FN3O/c16-11-4-13(14(18-6-11)10-1-2-10)15(20)19-7-9-3-12(8-19)17-5-9/h4,6,9-10,12,17H,1-3,5,7-8H2. The summed E-state index contributed by atoms with van der Waals surface area (Å²) in [5.74, 6) is 0.436. The highest BCUT2D eigenvalue weighted by Gasteiger charge is 2.37. The molecule has 0 aromatic carbocycles. The fourth-order valence-electron chi connectivity index (χ4n) is 3.47. The minimum atomic E-state index is -0.421. The van der Waals surface area contributed by atoms with E-state index in [1.807, 2.05) is 4.90 Å².